The molecule has 3 aromatic rings. The Morgan fingerprint density at radius 2 is 2.08 bits per heavy atom. The molecule has 0 aliphatic rings. The van der Waals surface area contributed by atoms with Gasteiger partial charge in [0.2, 0.25) is 0 Å². The minimum absolute atomic E-state index is 0.0738. The lowest BCUT2D eigenvalue weighted by molar-refractivity contribution is -0.137. The molecular weight excluding hydrogens is 341 g/mol. The molecule has 2 heterocycles. The Morgan fingerprint density at radius 1 is 1.23 bits per heavy atom. The first-order valence-corrected chi connectivity index (χ1v) is 7.83. The molecule has 9 heteroatoms. The number of aryl methyl sites for hydroxylation is 1. The molecule has 0 aliphatic heterocycles. The highest BCUT2D eigenvalue weighted by atomic mass is 19.1. The number of halogens is 1. The third kappa shape index (κ3) is 4.53. The summed E-state index contributed by atoms with van der Waals surface area (Å²) in [4.78, 5) is 22.7. The standard InChI is InChI=1S/C17H16FN5O3/c18-13-3-1-2-12(8-13)10-23-11-14(9-19-23)20-17(26)15-4-6-22(21-15)7-5-16(24)25/h1-4,6,8-9,11H,5,7,10H2,(H,20,26)(H,24,25). The van der Waals surface area contributed by atoms with E-state index >= 15 is 0 Å². The minimum atomic E-state index is -0.933. The molecule has 1 aromatic carbocycles. The maximum absolute atomic E-state index is 13.2. The van der Waals surface area contributed by atoms with Gasteiger partial charge in [0.05, 0.1) is 31.4 Å². The Morgan fingerprint density at radius 3 is 2.85 bits per heavy atom. The Kier molecular flexibility index (Phi) is 5.07. The number of nitrogens with one attached hydrogen (secondary N) is 1. The van der Waals surface area contributed by atoms with Gasteiger partial charge in [0.15, 0.2) is 5.69 Å². The Hall–Kier alpha value is -3.49. The summed E-state index contributed by atoms with van der Waals surface area (Å²) >= 11 is 0. The van der Waals surface area contributed by atoms with Gasteiger partial charge in [0.1, 0.15) is 5.82 Å². The van der Waals surface area contributed by atoms with Gasteiger partial charge in [-0.3, -0.25) is 19.0 Å². The normalized spacial score (nSPS) is 10.7. The Labute approximate surface area is 147 Å². The van der Waals surface area contributed by atoms with Crippen molar-refractivity contribution in [3.8, 4) is 0 Å². The molecule has 134 valence electrons. The van der Waals surface area contributed by atoms with E-state index in [4.69, 9.17) is 5.11 Å². The number of nitrogens with zero attached hydrogens (tertiary/aromatic N) is 4. The fourth-order valence-corrected chi connectivity index (χ4v) is 2.35. The van der Waals surface area contributed by atoms with Crippen LogP contribution in [0.15, 0.2) is 48.9 Å². The van der Waals surface area contributed by atoms with Crippen LogP contribution in [0.5, 0.6) is 0 Å². The van der Waals surface area contributed by atoms with E-state index in [-0.39, 0.29) is 24.5 Å². The van der Waals surface area contributed by atoms with Crippen LogP contribution in [-0.4, -0.2) is 36.5 Å². The molecule has 1 amide bonds. The second-order valence-electron chi connectivity index (χ2n) is 5.62. The third-order valence-corrected chi connectivity index (χ3v) is 3.55. The van der Waals surface area contributed by atoms with E-state index in [0.717, 1.165) is 5.56 Å². The summed E-state index contributed by atoms with van der Waals surface area (Å²) in [5.41, 5.74) is 1.41. The molecule has 3 rings (SSSR count). The zero-order valence-corrected chi connectivity index (χ0v) is 13.7. The molecule has 0 unspecified atom stereocenters. The van der Waals surface area contributed by atoms with Crippen molar-refractivity contribution in [1.82, 2.24) is 19.6 Å². The first-order chi connectivity index (χ1) is 12.5. The molecule has 0 radical (unpaired) electrons. The van der Waals surface area contributed by atoms with Crippen LogP contribution in [0.2, 0.25) is 0 Å². The molecular formula is C17H16FN5O3. The number of carboxylic acid groups (broad SMARTS) is 1. The van der Waals surface area contributed by atoms with Gasteiger partial charge in [0, 0.05) is 12.4 Å². The Bertz CT molecular complexity index is 934. The van der Waals surface area contributed by atoms with Crippen LogP contribution in [0, 0.1) is 5.82 Å². The molecule has 2 aromatic heterocycles. The van der Waals surface area contributed by atoms with Crippen LogP contribution in [0.4, 0.5) is 10.1 Å². The topological polar surface area (TPSA) is 102 Å². The van der Waals surface area contributed by atoms with Gasteiger partial charge in [-0.25, -0.2) is 4.39 Å². The summed E-state index contributed by atoms with van der Waals surface area (Å²) in [5.74, 6) is -1.68. The monoisotopic (exact) mass is 357 g/mol. The fourth-order valence-electron chi connectivity index (χ4n) is 2.35. The van der Waals surface area contributed by atoms with Crippen molar-refractivity contribution in [2.24, 2.45) is 0 Å². The lowest BCUT2D eigenvalue weighted by atomic mass is 10.2. The molecule has 8 nitrogen and oxygen atoms in total. The molecule has 0 saturated carbocycles. The summed E-state index contributed by atoms with van der Waals surface area (Å²) in [5, 5.41) is 19.5. The third-order valence-electron chi connectivity index (χ3n) is 3.55. The summed E-state index contributed by atoms with van der Waals surface area (Å²) in [6.45, 7) is 0.561. The molecule has 2 N–H and O–H groups in total. The summed E-state index contributed by atoms with van der Waals surface area (Å²) in [6, 6.07) is 7.70. The van der Waals surface area contributed by atoms with Crippen molar-refractivity contribution in [2.75, 3.05) is 5.32 Å². The first-order valence-electron chi connectivity index (χ1n) is 7.83. The van der Waals surface area contributed by atoms with Crippen molar-refractivity contribution in [3.05, 3.63) is 66.0 Å². The van der Waals surface area contributed by atoms with Gasteiger partial charge < -0.3 is 10.4 Å². The number of benzene rings is 1. The van der Waals surface area contributed by atoms with E-state index in [2.05, 4.69) is 15.5 Å². The van der Waals surface area contributed by atoms with Crippen molar-refractivity contribution < 1.29 is 19.1 Å². The second kappa shape index (κ2) is 7.60. The number of hydrogen-bond donors (Lipinski definition) is 2. The van der Waals surface area contributed by atoms with Crippen LogP contribution >= 0.6 is 0 Å². The smallest absolute Gasteiger partial charge is 0.305 e. The summed E-state index contributed by atoms with van der Waals surface area (Å²) in [7, 11) is 0. The van der Waals surface area contributed by atoms with Gasteiger partial charge in [-0.15, -0.1) is 0 Å². The van der Waals surface area contributed by atoms with Gasteiger partial charge in [-0.2, -0.15) is 10.2 Å². The van der Waals surface area contributed by atoms with E-state index in [1.807, 2.05) is 0 Å². The number of aliphatic carboxylic acids is 1. The van der Waals surface area contributed by atoms with E-state index in [1.165, 1.54) is 29.1 Å². The van der Waals surface area contributed by atoms with E-state index in [0.29, 0.717) is 12.2 Å². The number of aromatic nitrogens is 4. The van der Waals surface area contributed by atoms with Gasteiger partial charge >= 0.3 is 5.97 Å². The average molecular weight is 357 g/mol. The Balaban J connectivity index is 1.60. The number of amides is 1. The van der Waals surface area contributed by atoms with Crippen molar-refractivity contribution in [3.63, 3.8) is 0 Å². The van der Waals surface area contributed by atoms with Gasteiger partial charge in [0.25, 0.3) is 5.91 Å². The number of anilines is 1. The molecule has 0 atom stereocenters. The zero-order valence-electron chi connectivity index (χ0n) is 13.7. The maximum atomic E-state index is 13.2. The van der Waals surface area contributed by atoms with Crippen LogP contribution in [0.3, 0.4) is 0 Å². The van der Waals surface area contributed by atoms with Crippen LogP contribution in [0.1, 0.15) is 22.5 Å². The summed E-state index contributed by atoms with van der Waals surface area (Å²) in [6.07, 6.45) is 4.59. The largest absolute Gasteiger partial charge is 0.481 e. The second-order valence-corrected chi connectivity index (χ2v) is 5.62. The SMILES string of the molecule is O=C(O)CCn1ccc(C(=O)Nc2cnn(Cc3cccc(F)c3)c2)n1. The van der Waals surface area contributed by atoms with E-state index in [1.54, 1.807) is 29.2 Å². The first kappa shape index (κ1) is 17.3. The van der Waals surface area contributed by atoms with Crippen molar-refractivity contribution in [2.45, 2.75) is 19.5 Å². The lowest BCUT2D eigenvalue weighted by Crippen LogP contribution is -2.13. The molecule has 0 fully saturated rings. The van der Waals surface area contributed by atoms with Crippen LogP contribution in [-0.2, 0) is 17.9 Å². The number of rotatable bonds is 7. The zero-order chi connectivity index (χ0) is 18.5. The minimum Gasteiger partial charge on any atom is -0.481 e. The molecule has 0 saturated heterocycles. The number of carbonyl (C=O) groups is 2. The number of carboxylic acids is 1. The number of hydrogen-bond acceptors (Lipinski definition) is 4. The highest BCUT2D eigenvalue weighted by Crippen LogP contribution is 2.10. The quantitative estimate of drug-likeness (QED) is 0.673. The molecule has 0 spiro atoms. The highest BCUT2D eigenvalue weighted by molar-refractivity contribution is 6.02. The van der Waals surface area contributed by atoms with Crippen molar-refractivity contribution in [1.29, 1.82) is 0 Å². The van der Waals surface area contributed by atoms with E-state index in [9.17, 15) is 14.0 Å². The molecule has 0 bridgehead atoms. The molecule has 26 heavy (non-hydrogen) atoms. The maximum Gasteiger partial charge on any atom is 0.305 e. The fraction of sp³-hybridized carbons (Fsp3) is 0.176. The predicted octanol–water partition coefficient (Wildman–Crippen LogP) is 1.99. The summed E-state index contributed by atoms with van der Waals surface area (Å²) < 4.78 is 16.2. The van der Waals surface area contributed by atoms with Crippen LogP contribution < -0.4 is 5.32 Å². The van der Waals surface area contributed by atoms with Gasteiger partial charge in [-0.05, 0) is 23.8 Å². The highest BCUT2D eigenvalue weighted by Gasteiger charge is 2.11. The lowest BCUT2D eigenvalue weighted by Gasteiger charge is -2.02. The van der Waals surface area contributed by atoms with E-state index < -0.39 is 11.9 Å². The molecule has 0 aliphatic carbocycles. The predicted molar refractivity (Wildman–Crippen MR) is 90.2 cm³/mol. The van der Waals surface area contributed by atoms with Crippen molar-refractivity contribution >= 4 is 17.6 Å². The van der Waals surface area contributed by atoms with Gasteiger partial charge in [-0.1, -0.05) is 12.1 Å². The average Bonchev–Trinajstić information content (AvgIpc) is 3.22. The van der Waals surface area contributed by atoms with Crippen LogP contribution in [0.25, 0.3) is 0 Å². The number of carbonyl (C=O) groups excluding carboxylic acids is 1.